The Balaban J connectivity index is 2.59. The Morgan fingerprint density at radius 1 is 1.42 bits per heavy atom. The van der Waals surface area contributed by atoms with Gasteiger partial charge in [0, 0.05) is 5.56 Å². The summed E-state index contributed by atoms with van der Waals surface area (Å²) in [5.41, 5.74) is -0.317. The molecule has 1 rings (SSSR count). The minimum atomic E-state index is -0.770. The average Bonchev–Trinajstić information content (AvgIpc) is 2.29. The molecule has 0 saturated heterocycles. The molecule has 1 aromatic carbocycles. The van der Waals surface area contributed by atoms with E-state index in [9.17, 15) is 9.18 Å². The SMILES string of the molecule is CC(C)(C)OC(=O)NCC(ON)c1ccccc1F. The van der Waals surface area contributed by atoms with Crippen LogP contribution in [0.25, 0.3) is 0 Å². The van der Waals surface area contributed by atoms with E-state index in [2.05, 4.69) is 10.2 Å². The van der Waals surface area contributed by atoms with Crippen LogP contribution in [0.4, 0.5) is 9.18 Å². The normalized spacial score (nSPS) is 12.9. The van der Waals surface area contributed by atoms with E-state index in [1.807, 2.05) is 0 Å². The molecule has 0 aliphatic rings. The van der Waals surface area contributed by atoms with Crippen LogP contribution >= 0.6 is 0 Å². The Kier molecular flexibility index (Phi) is 5.26. The highest BCUT2D eigenvalue weighted by molar-refractivity contribution is 5.67. The molecule has 106 valence electrons. The van der Waals surface area contributed by atoms with Crippen LogP contribution in [0.1, 0.15) is 32.4 Å². The lowest BCUT2D eigenvalue weighted by Gasteiger charge is -2.21. The van der Waals surface area contributed by atoms with Crippen molar-refractivity contribution in [2.75, 3.05) is 6.54 Å². The van der Waals surface area contributed by atoms with Crippen LogP contribution in [0.5, 0.6) is 0 Å². The maximum Gasteiger partial charge on any atom is 0.407 e. The van der Waals surface area contributed by atoms with Crippen molar-refractivity contribution in [2.24, 2.45) is 5.90 Å². The number of halogens is 1. The molecular formula is C13H19FN2O3. The van der Waals surface area contributed by atoms with Crippen LogP contribution in [-0.2, 0) is 9.57 Å². The molecule has 3 N–H and O–H groups in total. The molecule has 0 aromatic heterocycles. The number of ether oxygens (including phenoxy) is 1. The van der Waals surface area contributed by atoms with Gasteiger partial charge in [0.15, 0.2) is 0 Å². The first-order chi connectivity index (χ1) is 8.83. The molecular weight excluding hydrogens is 251 g/mol. The fourth-order valence-electron chi connectivity index (χ4n) is 1.46. The van der Waals surface area contributed by atoms with Gasteiger partial charge in [-0.05, 0) is 26.8 Å². The molecule has 1 atom stereocenters. The molecule has 1 aromatic rings. The van der Waals surface area contributed by atoms with Crippen LogP contribution in [0.15, 0.2) is 24.3 Å². The Hall–Kier alpha value is -1.66. The Morgan fingerprint density at radius 3 is 2.58 bits per heavy atom. The molecule has 0 spiro atoms. The fourth-order valence-corrected chi connectivity index (χ4v) is 1.46. The van der Waals surface area contributed by atoms with E-state index in [1.54, 1.807) is 39.0 Å². The summed E-state index contributed by atoms with van der Waals surface area (Å²) in [7, 11) is 0. The maximum atomic E-state index is 13.5. The molecule has 0 bridgehead atoms. The summed E-state index contributed by atoms with van der Waals surface area (Å²) in [6.07, 6.45) is -1.38. The quantitative estimate of drug-likeness (QED) is 0.823. The number of benzene rings is 1. The molecule has 0 aliphatic heterocycles. The van der Waals surface area contributed by atoms with Crippen LogP contribution in [0, 0.1) is 5.82 Å². The second-order valence-corrected chi connectivity index (χ2v) is 5.03. The van der Waals surface area contributed by atoms with Crippen LogP contribution < -0.4 is 11.2 Å². The third-order valence-electron chi connectivity index (χ3n) is 2.25. The van der Waals surface area contributed by atoms with Gasteiger partial charge >= 0.3 is 6.09 Å². The lowest BCUT2D eigenvalue weighted by Crippen LogP contribution is -2.36. The zero-order valence-corrected chi connectivity index (χ0v) is 11.3. The zero-order chi connectivity index (χ0) is 14.5. The van der Waals surface area contributed by atoms with Gasteiger partial charge in [0.1, 0.15) is 17.5 Å². The highest BCUT2D eigenvalue weighted by Crippen LogP contribution is 2.18. The smallest absolute Gasteiger partial charge is 0.407 e. The van der Waals surface area contributed by atoms with E-state index in [-0.39, 0.29) is 12.1 Å². The van der Waals surface area contributed by atoms with Crippen molar-refractivity contribution in [3.8, 4) is 0 Å². The first-order valence-corrected chi connectivity index (χ1v) is 5.90. The van der Waals surface area contributed by atoms with Crippen molar-refractivity contribution in [1.29, 1.82) is 0 Å². The Bertz CT molecular complexity index is 432. The van der Waals surface area contributed by atoms with E-state index in [0.29, 0.717) is 0 Å². The molecule has 1 amide bonds. The summed E-state index contributed by atoms with van der Waals surface area (Å²) >= 11 is 0. The molecule has 19 heavy (non-hydrogen) atoms. The highest BCUT2D eigenvalue weighted by atomic mass is 19.1. The predicted molar refractivity (Wildman–Crippen MR) is 68.7 cm³/mol. The second kappa shape index (κ2) is 6.49. The van der Waals surface area contributed by atoms with E-state index in [0.717, 1.165) is 0 Å². The molecule has 0 radical (unpaired) electrons. The highest BCUT2D eigenvalue weighted by Gasteiger charge is 2.19. The van der Waals surface area contributed by atoms with Crippen molar-refractivity contribution in [1.82, 2.24) is 5.32 Å². The van der Waals surface area contributed by atoms with Gasteiger partial charge in [-0.25, -0.2) is 15.1 Å². The maximum absolute atomic E-state index is 13.5. The second-order valence-electron chi connectivity index (χ2n) is 5.03. The van der Waals surface area contributed by atoms with Gasteiger partial charge < -0.3 is 10.1 Å². The first-order valence-electron chi connectivity index (χ1n) is 5.90. The number of hydrogen-bond acceptors (Lipinski definition) is 4. The van der Waals surface area contributed by atoms with Crippen molar-refractivity contribution >= 4 is 6.09 Å². The molecule has 1 unspecified atom stereocenters. The van der Waals surface area contributed by atoms with Gasteiger partial charge in [0.2, 0.25) is 0 Å². The molecule has 6 heteroatoms. The Labute approximate surface area is 111 Å². The van der Waals surface area contributed by atoms with Crippen molar-refractivity contribution in [3.63, 3.8) is 0 Å². The minimum absolute atomic E-state index is 0.0202. The van der Waals surface area contributed by atoms with Gasteiger partial charge in [-0.2, -0.15) is 0 Å². The van der Waals surface area contributed by atoms with E-state index in [1.165, 1.54) is 6.07 Å². The summed E-state index contributed by atoms with van der Waals surface area (Å²) in [5, 5.41) is 2.48. The van der Waals surface area contributed by atoms with Gasteiger partial charge in [-0.1, -0.05) is 18.2 Å². The van der Waals surface area contributed by atoms with E-state index < -0.39 is 23.6 Å². The Morgan fingerprint density at radius 2 is 2.05 bits per heavy atom. The number of carbonyl (C=O) groups excluding carboxylic acids is 1. The minimum Gasteiger partial charge on any atom is -0.444 e. The zero-order valence-electron chi connectivity index (χ0n) is 11.3. The van der Waals surface area contributed by atoms with Gasteiger partial charge in [-0.3, -0.25) is 4.84 Å². The summed E-state index contributed by atoms with van der Waals surface area (Å²) in [4.78, 5) is 16.2. The third-order valence-corrected chi connectivity index (χ3v) is 2.25. The molecule has 0 heterocycles. The van der Waals surface area contributed by atoms with Crippen LogP contribution in [-0.4, -0.2) is 18.2 Å². The number of hydrogen-bond donors (Lipinski definition) is 2. The molecule has 0 saturated carbocycles. The summed E-state index contributed by atoms with van der Waals surface area (Å²) in [5.74, 6) is 4.69. The molecule has 0 fully saturated rings. The van der Waals surface area contributed by atoms with E-state index in [4.69, 9.17) is 10.6 Å². The molecule has 5 nitrogen and oxygen atoms in total. The van der Waals surface area contributed by atoms with Crippen molar-refractivity contribution < 1.29 is 18.8 Å². The third kappa shape index (κ3) is 5.23. The lowest BCUT2D eigenvalue weighted by molar-refractivity contribution is 0.0328. The van der Waals surface area contributed by atoms with Crippen molar-refractivity contribution in [3.05, 3.63) is 35.6 Å². The van der Waals surface area contributed by atoms with Gasteiger partial charge in [-0.15, -0.1) is 0 Å². The number of nitrogens with one attached hydrogen (secondary N) is 1. The molecule has 0 aliphatic carbocycles. The summed E-state index contributed by atoms with van der Waals surface area (Å²) in [6.45, 7) is 5.27. The van der Waals surface area contributed by atoms with Crippen LogP contribution in [0.2, 0.25) is 0 Å². The average molecular weight is 270 g/mol. The summed E-state index contributed by atoms with van der Waals surface area (Å²) < 4.78 is 18.6. The topological polar surface area (TPSA) is 73.6 Å². The number of alkyl carbamates (subject to hydrolysis) is 1. The number of carbonyl (C=O) groups is 1. The number of nitrogens with two attached hydrogens (primary N) is 1. The lowest BCUT2D eigenvalue weighted by atomic mass is 10.1. The van der Waals surface area contributed by atoms with Crippen molar-refractivity contribution in [2.45, 2.75) is 32.5 Å². The van der Waals surface area contributed by atoms with Gasteiger partial charge in [0.05, 0.1) is 6.54 Å². The fraction of sp³-hybridized carbons (Fsp3) is 0.462. The largest absolute Gasteiger partial charge is 0.444 e. The number of rotatable bonds is 4. The van der Waals surface area contributed by atoms with Crippen LogP contribution in [0.3, 0.4) is 0 Å². The standard InChI is InChI=1S/C13H19FN2O3/c1-13(2,3)18-12(17)16-8-11(19-15)9-6-4-5-7-10(9)14/h4-7,11H,8,15H2,1-3H3,(H,16,17). The predicted octanol–water partition coefficient (Wildman–Crippen LogP) is 2.28. The first kappa shape index (κ1) is 15.4. The van der Waals surface area contributed by atoms with E-state index >= 15 is 0 Å². The summed E-state index contributed by atoms with van der Waals surface area (Å²) in [6, 6.07) is 6.07. The number of amides is 1. The van der Waals surface area contributed by atoms with Gasteiger partial charge in [0.25, 0.3) is 0 Å². The monoisotopic (exact) mass is 270 g/mol.